The number of carbonyl (C=O) groups excluding carboxylic acids is 6. The average Bonchev–Trinajstić information content (AvgIpc) is 4.05. The van der Waals surface area contributed by atoms with Crippen molar-refractivity contribution in [3.8, 4) is 0 Å². The van der Waals surface area contributed by atoms with Gasteiger partial charge >= 0.3 is 5.97 Å². The van der Waals surface area contributed by atoms with E-state index in [-0.39, 0.29) is 51.4 Å². The second-order valence-electron chi connectivity index (χ2n) is 14.8. The molecule has 314 valence electrons. The number of nitrogens with one attached hydrogen (secondary N) is 6. The minimum atomic E-state index is -1.13. The molecule has 0 unspecified atom stereocenters. The first-order chi connectivity index (χ1) is 27.8. The lowest BCUT2D eigenvalue weighted by molar-refractivity contribution is -0.149. The molecule has 0 bridgehead atoms. The Bertz CT molecular complexity index is 1790. The highest BCUT2D eigenvalue weighted by atomic mass is 16.4. The molecule has 20 nitrogen and oxygen atoms in total. The molecule has 4 heterocycles. The van der Waals surface area contributed by atoms with Crippen LogP contribution in [0.15, 0.2) is 42.9 Å². The summed E-state index contributed by atoms with van der Waals surface area (Å²) in [5.41, 5.74) is 12.9. The zero-order chi connectivity index (χ0) is 41.8. The van der Waals surface area contributed by atoms with Crippen LogP contribution in [0.1, 0.15) is 62.6 Å². The summed E-state index contributed by atoms with van der Waals surface area (Å²) in [4.78, 5) is 104. The van der Waals surface area contributed by atoms with Crippen LogP contribution in [0.5, 0.6) is 0 Å². The zero-order valence-electron chi connectivity index (χ0n) is 32.4. The van der Waals surface area contributed by atoms with Gasteiger partial charge in [0.25, 0.3) is 0 Å². The first-order valence-corrected chi connectivity index (χ1v) is 19.7. The van der Waals surface area contributed by atoms with Crippen LogP contribution < -0.4 is 32.7 Å². The number of aliphatic carboxylic acids is 1. The van der Waals surface area contributed by atoms with Crippen LogP contribution in [0.2, 0.25) is 0 Å². The van der Waals surface area contributed by atoms with E-state index in [2.05, 4.69) is 31.2 Å². The third kappa shape index (κ3) is 11.3. The van der Waals surface area contributed by atoms with Crippen molar-refractivity contribution in [1.29, 1.82) is 5.41 Å². The van der Waals surface area contributed by atoms with E-state index < -0.39 is 84.2 Å². The number of guanidine groups is 1. The molecule has 3 saturated heterocycles. The summed E-state index contributed by atoms with van der Waals surface area (Å²) in [5, 5.41) is 27.9. The number of imidazole rings is 1. The van der Waals surface area contributed by atoms with E-state index >= 15 is 0 Å². The van der Waals surface area contributed by atoms with Gasteiger partial charge in [-0.3, -0.25) is 34.2 Å². The fourth-order valence-electron chi connectivity index (χ4n) is 7.81. The molecule has 5 rings (SSSR count). The number of rotatable bonds is 18. The summed E-state index contributed by atoms with van der Waals surface area (Å²) in [7, 11) is 0. The van der Waals surface area contributed by atoms with Gasteiger partial charge in [-0.25, -0.2) is 9.78 Å². The van der Waals surface area contributed by atoms with Crippen molar-refractivity contribution in [2.45, 2.75) is 100 Å². The summed E-state index contributed by atoms with van der Waals surface area (Å²) in [6.45, 7) is 0.529. The number of aromatic nitrogens is 2. The maximum Gasteiger partial charge on any atom is 0.326 e. The molecule has 1 aromatic heterocycles. The van der Waals surface area contributed by atoms with Gasteiger partial charge in [0.05, 0.1) is 24.6 Å². The fourth-order valence-corrected chi connectivity index (χ4v) is 7.81. The topological polar surface area (TPSA) is 302 Å². The molecule has 1 aromatic carbocycles. The Labute approximate surface area is 335 Å². The third-order valence-corrected chi connectivity index (χ3v) is 10.8. The summed E-state index contributed by atoms with van der Waals surface area (Å²) in [5.74, 6) is -4.59. The Hall–Kier alpha value is -6.05. The molecule has 0 aliphatic carbocycles. The second-order valence-corrected chi connectivity index (χ2v) is 14.8. The van der Waals surface area contributed by atoms with Crippen molar-refractivity contribution >= 4 is 47.4 Å². The number of benzene rings is 1. The largest absolute Gasteiger partial charge is 0.480 e. The number of hydrogen-bond acceptors (Lipinski definition) is 10. The van der Waals surface area contributed by atoms with Crippen LogP contribution in [-0.4, -0.2) is 146 Å². The normalized spacial score (nSPS) is 20.5. The Morgan fingerprint density at radius 2 is 1.45 bits per heavy atom. The molecule has 58 heavy (non-hydrogen) atoms. The number of carboxylic acids is 1. The molecule has 3 fully saturated rings. The molecule has 0 saturated carbocycles. The predicted molar refractivity (Wildman–Crippen MR) is 208 cm³/mol. The van der Waals surface area contributed by atoms with Crippen molar-refractivity contribution in [1.82, 2.24) is 45.9 Å². The molecule has 6 amide bonds. The van der Waals surface area contributed by atoms with Crippen LogP contribution in [0.3, 0.4) is 0 Å². The fraction of sp³-hybridized carbons (Fsp3) is 0.553. The number of H-pyrrole nitrogens is 1. The minimum Gasteiger partial charge on any atom is -0.480 e. The quantitative estimate of drug-likeness (QED) is 0.0446. The molecule has 0 spiro atoms. The Morgan fingerprint density at radius 3 is 2.09 bits per heavy atom. The van der Waals surface area contributed by atoms with Gasteiger partial charge in [-0.1, -0.05) is 30.3 Å². The van der Waals surface area contributed by atoms with E-state index in [9.17, 15) is 38.7 Å². The molecule has 2 aromatic rings. The number of carboxylic acid groups (broad SMARTS) is 1. The zero-order valence-corrected chi connectivity index (χ0v) is 32.4. The maximum atomic E-state index is 14.1. The van der Waals surface area contributed by atoms with E-state index in [1.165, 1.54) is 21.0 Å². The van der Waals surface area contributed by atoms with Crippen molar-refractivity contribution in [2.75, 3.05) is 32.7 Å². The van der Waals surface area contributed by atoms with Gasteiger partial charge in [0, 0.05) is 45.2 Å². The van der Waals surface area contributed by atoms with Gasteiger partial charge in [-0.2, -0.15) is 0 Å². The summed E-state index contributed by atoms with van der Waals surface area (Å²) in [6.07, 6.45) is 6.34. The summed E-state index contributed by atoms with van der Waals surface area (Å²) >= 11 is 0. The van der Waals surface area contributed by atoms with E-state index in [4.69, 9.17) is 16.9 Å². The van der Waals surface area contributed by atoms with Gasteiger partial charge in [0.1, 0.15) is 30.2 Å². The summed E-state index contributed by atoms with van der Waals surface area (Å²) < 4.78 is 0. The number of hydrogen-bond donors (Lipinski definition) is 9. The van der Waals surface area contributed by atoms with E-state index in [0.717, 1.165) is 5.56 Å². The third-order valence-electron chi connectivity index (χ3n) is 10.8. The van der Waals surface area contributed by atoms with Crippen LogP contribution >= 0.6 is 0 Å². The molecule has 6 atom stereocenters. The van der Waals surface area contributed by atoms with Gasteiger partial charge in [-0.15, -0.1) is 0 Å². The number of carbonyl (C=O) groups is 7. The van der Waals surface area contributed by atoms with Crippen molar-refractivity contribution in [3.05, 3.63) is 54.1 Å². The lowest BCUT2D eigenvalue weighted by Crippen LogP contribution is -2.57. The Balaban J connectivity index is 1.19. The lowest BCUT2D eigenvalue weighted by atomic mass is 10.0. The van der Waals surface area contributed by atoms with E-state index in [1.807, 2.05) is 30.3 Å². The number of amides is 6. The molecule has 20 heteroatoms. The van der Waals surface area contributed by atoms with Gasteiger partial charge in [0.2, 0.25) is 35.4 Å². The monoisotopic (exact) mass is 806 g/mol. The minimum absolute atomic E-state index is 0.134. The highest BCUT2D eigenvalue weighted by Gasteiger charge is 2.41. The molecular weight excluding hydrogens is 752 g/mol. The molecular formula is C38H54N12O8. The Morgan fingerprint density at radius 1 is 0.828 bits per heavy atom. The van der Waals surface area contributed by atoms with Crippen molar-refractivity contribution in [3.63, 3.8) is 0 Å². The van der Waals surface area contributed by atoms with Gasteiger partial charge in [0.15, 0.2) is 5.96 Å². The molecule has 3 aliphatic heterocycles. The smallest absolute Gasteiger partial charge is 0.326 e. The maximum absolute atomic E-state index is 14.1. The average molecular weight is 807 g/mol. The van der Waals surface area contributed by atoms with Crippen LogP contribution in [0.25, 0.3) is 0 Å². The SMILES string of the molecule is N=C(N)NCCC[C@H](NC(=O)[C@@H]1CCCN1C(=O)CNC(=O)[C@@H]1CCCN1C(=O)[C@H](Cc1ccccc1)NC(=O)[C@@H](N)Cc1c[nH]cn1)C(=O)N1CCC[C@H]1C(=O)O. The number of aromatic amines is 1. The van der Waals surface area contributed by atoms with E-state index in [1.54, 1.807) is 6.20 Å². The number of nitrogens with two attached hydrogens (primary N) is 2. The van der Waals surface area contributed by atoms with Crippen LogP contribution in [0.4, 0.5) is 0 Å². The number of nitrogens with zero attached hydrogens (tertiary/aromatic N) is 4. The second kappa shape index (κ2) is 20.4. The van der Waals surface area contributed by atoms with Crippen LogP contribution in [-0.2, 0) is 46.4 Å². The van der Waals surface area contributed by atoms with Gasteiger partial charge < -0.3 is 57.5 Å². The van der Waals surface area contributed by atoms with Crippen molar-refractivity contribution < 1.29 is 38.7 Å². The Kier molecular flexibility index (Phi) is 15.1. The molecule has 0 radical (unpaired) electrons. The highest BCUT2D eigenvalue weighted by molar-refractivity contribution is 5.96. The van der Waals surface area contributed by atoms with E-state index in [0.29, 0.717) is 50.6 Å². The van der Waals surface area contributed by atoms with Crippen LogP contribution in [0, 0.1) is 5.41 Å². The lowest BCUT2D eigenvalue weighted by Gasteiger charge is -2.30. The molecule has 3 aliphatic rings. The number of likely N-dealkylation sites (tertiary alicyclic amines) is 3. The first kappa shape index (κ1) is 43.1. The predicted octanol–water partition coefficient (Wildman–Crippen LogP) is -2.07. The van der Waals surface area contributed by atoms with Gasteiger partial charge in [-0.05, 0) is 56.9 Å². The first-order valence-electron chi connectivity index (χ1n) is 19.7. The van der Waals surface area contributed by atoms with Crippen molar-refractivity contribution in [2.24, 2.45) is 11.5 Å². The summed E-state index contributed by atoms with van der Waals surface area (Å²) in [6, 6.07) is 3.20. The highest BCUT2D eigenvalue weighted by Crippen LogP contribution is 2.23. The standard InChI is InChI=1S/C38H54N12O8/c39-25(19-24-20-42-22-45-24)32(52)47-27(18-23-8-2-1-3-9-23)36(56)49-16-6-11-28(49)33(53)44-21-31(51)48-15-5-12-29(48)34(54)46-26(10-4-14-43-38(40)41)35(55)50-17-7-13-30(50)37(57)58/h1-3,8-9,20,22,25-30H,4-7,10-19,21,39H2,(H,42,45)(H,44,53)(H,46,54)(H,47,52)(H,57,58)(H4,40,41,43)/t25-,26-,27-,28-,29-,30-/m0/s1. The molecule has 11 N–H and O–H groups in total.